The number of sulfonamides is 1. The molecule has 2 N–H and O–H groups in total. The van der Waals surface area contributed by atoms with Crippen LogP contribution in [0.4, 0.5) is 9.18 Å². The Morgan fingerprint density at radius 1 is 1.24 bits per heavy atom. The summed E-state index contributed by atoms with van der Waals surface area (Å²) in [6, 6.07) is 3.44. The maximum Gasteiger partial charge on any atom is 0.324 e. The highest BCUT2D eigenvalue weighted by atomic mass is 32.2. The van der Waals surface area contributed by atoms with Gasteiger partial charge in [0.1, 0.15) is 6.54 Å². The second kappa shape index (κ2) is 11.8. The molecule has 0 radical (unpaired) electrons. The summed E-state index contributed by atoms with van der Waals surface area (Å²) in [5, 5.41) is 2.21. The second-order valence-electron chi connectivity index (χ2n) is 8.55. The lowest BCUT2D eigenvalue weighted by atomic mass is 10.0. The lowest BCUT2D eigenvalue weighted by Gasteiger charge is -2.22. The number of nitrogens with one attached hydrogen (secondary N) is 2. The first-order valence-electron chi connectivity index (χ1n) is 11.3. The smallest absolute Gasteiger partial charge is 0.324 e. The molecule has 2 aliphatic heterocycles. The van der Waals surface area contributed by atoms with E-state index in [9.17, 15) is 22.4 Å². The van der Waals surface area contributed by atoms with Crippen molar-refractivity contribution in [3.63, 3.8) is 0 Å². The number of hydrogen-bond donors (Lipinski definition) is 2. The van der Waals surface area contributed by atoms with E-state index in [2.05, 4.69) is 10.0 Å². The standard InChI is InChI=1S/C22H32FN3O6S/c1-16(18-5-6-19(23)20(13-18)32-15-17-7-10-31-11-8-17)25-33(29,30)12-4-2-3-9-26-14-21(27)24-22(26)28/h5-6,13,16-17,25H,2-4,7-12,14-15H2,1H3,(H,24,27,28). The average molecular weight is 486 g/mol. The van der Waals surface area contributed by atoms with Crippen molar-refractivity contribution in [1.82, 2.24) is 14.9 Å². The highest BCUT2D eigenvalue weighted by molar-refractivity contribution is 7.89. The average Bonchev–Trinajstić information content (AvgIpc) is 3.10. The maximum atomic E-state index is 14.2. The van der Waals surface area contributed by atoms with Crippen LogP contribution in [0, 0.1) is 11.7 Å². The van der Waals surface area contributed by atoms with Crippen molar-refractivity contribution in [1.29, 1.82) is 0 Å². The van der Waals surface area contributed by atoms with Crippen molar-refractivity contribution < 1.29 is 31.9 Å². The first kappa shape index (κ1) is 25.4. The van der Waals surface area contributed by atoms with Crippen molar-refractivity contribution in [3.05, 3.63) is 29.6 Å². The third-order valence-corrected chi connectivity index (χ3v) is 7.37. The van der Waals surface area contributed by atoms with Crippen LogP contribution in [-0.4, -0.2) is 63.9 Å². The van der Waals surface area contributed by atoms with E-state index in [1.165, 1.54) is 11.0 Å². The first-order valence-corrected chi connectivity index (χ1v) is 13.0. The van der Waals surface area contributed by atoms with Crippen molar-refractivity contribution in [3.8, 4) is 5.75 Å². The number of urea groups is 1. The molecule has 0 bridgehead atoms. The van der Waals surface area contributed by atoms with Crippen molar-refractivity contribution in [2.45, 2.75) is 45.1 Å². The van der Waals surface area contributed by atoms with E-state index < -0.39 is 27.9 Å². The van der Waals surface area contributed by atoms with Crippen LogP contribution in [-0.2, 0) is 19.6 Å². The van der Waals surface area contributed by atoms with Crippen LogP contribution in [0.15, 0.2) is 18.2 Å². The summed E-state index contributed by atoms with van der Waals surface area (Å²) in [6.45, 7) is 3.93. The second-order valence-corrected chi connectivity index (χ2v) is 10.4. The Labute approximate surface area is 194 Å². The summed E-state index contributed by atoms with van der Waals surface area (Å²) in [5.74, 6) is -0.419. The fourth-order valence-corrected chi connectivity index (χ4v) is 5.23. The molecule has 9 nitrogen and oxygen atoms in total. The van der Waals surface area contributed by atoms with Gasteiger partial charge in [0.2, 0.25) is 15.9 Å². The van der Waals surface area contributed by atoms with Gasteiger partial charge in [0.25, 0.3) is 0 Å². The zero-order chi connectivity index (χ0) is 23.8. The number of amides is 3. The van der Waals surface area contributed by atoms with Gasteiger partial charge in [-0.25, -0.2) is 22.3 Å². The molecule has 1 atom stereocenters. The minimum atomic E-state index is -3.55. The molecule has 2 aliphatic rings. The molecule has 2 heterocycles. The third-order valence-electron chi connectivity index (χ3n) is 5.84. The van der Waals surface area contributed by atoms with Gasteiger partial charge >= 0.3 is 6.03 Å². The van der Waals surface area contributed by atoms with Crippen LogP contribution >= 0.6 is 0 Å². The van der Waals surface area contributed by atoms with Crippen LogP contribution in [0.3, 0.4) is 0 Å². The monoisotopic (exact) mass is 485 g/mol. The van der Waals surface area contributed by atoms with Crippen molar-refractivity contribution in [2.75, 3.05) is 38.7 Å². The highest BCUT2D eigenvalue weighted by Gasteiger charge is 2.26. The van der Waals surface area contributed by atoms with E-state index in [4.69, 9.17) is 9.47 Å². The van der Waals surface area contributed by atoms with Crippen molar-refractivity contribution >= 4 is 22.0 Å². The van der Waals surface area contributed by atoms with Gasteiger partial charge in [0.15, 0.2) is 11.6 Å². The van der Waals surface area contributed by atoms with Crippen LogP contribution in [0.2, 0.25) is 0 Å². The molecule has 33 heavy (non-hydrogen) atoms. The molecule has 0 aromatic heterocycles. The molecular formula is C22H32FN3O6S. The van der Waals surface area contributed by atoms with E-state index in [1.807, 2.05) is 0 Å². The number of benzene rings is 1. The number of carbonyl (C=O) groups is 2. The molecule has 3 amide bonds. The fraction of sp³-hybridized carbons (Fsp3) is 0.636. The van der Waals surface area contributed by atoms with Gasteiger partial charge in [0.05, 0.1) is 12.4 Å². The number of halogens is 1. The molecule has 1 unspecified atom stereocenters. The van der Waals surface area contributed by atoms with Gasteiger partial charge in [0, 0.05) is 25.8 Å². The Hall–Kier alpha value is -2.24. The summed E-state index contributed by atoms with van der Waals surface area (Å²) >= 11 is 0. The Morgan fingerprint density at radius 2 is 2.00 bits per heavy atom. The Kier molecular flexibility index (Phi) is 9.04. The first-order chi connectivity index (χ1) is 15.7. The summed E-state index contributed by atoms with van der Waals surface area (Å²) in [6.07, 6.45) is 3.39. The lowest BCUT2D eigenvalue weighted by Crippen LogP contribution is -2.30. The Balaban J connectivity index is 1.43. The van der Waals surface area contributed by atoms with Gasteiger partial charge in [-0.2, -0.15) is 0 Å². The molecule has 0 aliphatic carbocycles. The van der Waals surface area contributed by atoms with E-state index in [0.717, 1.165) is 12.8 Å². The normalized spacial score (nSPS) is 18.4. The molecule has 184 valence electrons. The summed E-state index contributed by atoms with van der Waals surface area (Å²) in [4.78, 5) is 24.0. The molecule has 1 aromatic rings. The number of nitrogens with zero attached hydrogens (tertiary/aromatic N) is 1. The molecule has 2 fully saturated rings. The van der Waals surface area contributed by atoms with E-state index in [1.54, 1.807) is 19.1 Å². The van der Waals surface area contributed by atoms with Gasteiger partial charge < -0.3 is 14.4 Å². The number of unbranched alkanes of at least 4 members (excludes halogenated alkanes) is 2. The zero-order valence-corrected chi connectivity index (χ0v) is 19.7. The number of ether oxygens (including phenoxy) is 2. The van der Waals surface area contributed by atoms with E-state index in [-0.39, 0.29) is 24.0 Å². The predicted octanol–water partition coefficient (Wildman–Crippen LogP) is 2.33. The van der Waals surface area contributed by atoms with Crippen LogP contribution in [0.25, 0.3) is 0 Å². The van der Waals surface area contributed by atoms with Crippen LogP contribution in [0.1, 0.15) is 50.6 Å². The molecule has 3 rings (SSSR count). The van der Waals surface area contributed by atoms with Gasteiger partial charge in [-0.3, -0.25) is 10.1 Å². The van der Waals surface area contributed by atoms with E-state index >= 15 is 0 Å². The predicted molar refractivity (Wildman–Crippen MR) is 120 cm³/mol. The highest BCUT2D eigenvalue weighted by Crippen LogP contribution is 2.25. The third kappa shape index (κ3) is 7.94. The number of imide groups is 1. The Morgan fingerprint density at radius 3 is 2.70 bits per heavy atom. The largest absolute Gasteiger partial charge is 0.490 e. The Bertz CT molecular complexity index is 936. The van der Waals surface area contributed by atoms with Gasteiger partial charge in [-0.15, -0.1) is 0 Å². The zero-order valence-electron chi connectivity index (χ0n) is 18.8. The molecule has 0 spiro atoms. The quantitative estimate of drug-likeness (QED) is 0.347. The summed E-state index contributed by atoms with van der Waals surface area (Å²) in [7, 11) is -3.55. The van der Waals surface area contributed by atoms with Gasteiger partial charge in [-0.05, 0) is 56.2 Å². The number of hydrogen-bond acceptors (Lipinski definition) is 6. The molecular weight excluding hydrogens is 453 g/mol. The molecule has 1 aromatic carbocycles. The van der Waals surface area contributed by atoms with Gasteiger partial charge in [-0.1, -0.05) is 12.5 Å². The minimum absolute atomic E-state index is 0.0502. The fourth-order valence-electron chi connectivity index (χ4n) is 3.85. The van der Waals surface area contributed by atoms with E-state index in [0.29, 0.717) is 57.1 Å². The molecule has 0 saturated carbocycles. The summed E-state index contributed by atoms with van der Waals surface area (Å²) < 4.78 is 52.7. The van der Waals surface area contributed by atoms with Crippen LogP contribution in [0.5, 0.6) is 5.75 Å². The molecule has 11 heteroatoms. The van der Waals surface area contributed by atoms with Crippen molar-refractivity contribution in [2.24, 2.45) is 5.92 Å². The number of carbonyl (C=O) groups excluding carboxylic acids is 2. The minimum Gasteiger partial charge on any atom is -0.490 e. The van der Waals surface area contributed by atoms with Crippen LogP contribution < -0.4 is 14.8 Å². The number of rotatable bonds is 12. The lowest BCUT2D eigenvalue weighted by molar-refractivity contribution is -0.118. The topological polar surface area (TPSA) is 114 Å². The summed E-state index contributed by atoms with van der Waals surface area (Å²) in [5.41, 5.74) is 0.617. The SMILES string of the molecule is CC(NS(=O)(=O)CCCCCN1CC(=O)NC1=O)c1ccc(F)c(OCC2CCOCC2)c1. The maximum absolute atomic E-state index is 14.2. The molecule has 2 saturated heterocycles.